The lowest BCUT2D eigenvalue weighted by Crippen LogP contribution is -2.35. The summed E-state index contributed by atoms with van der Waals surface area (Å²) in [5.74, 6) is -0.909. The van der Waals surface area contributed by atoms with Gasteiger partial charge in [0.2, 0.25) is 11.8 Å². The molecule has 0 unspecified atom stereocenters. The molecule has 3 saturated heterocycles. The number of benzene rings is 1. The maximum atomic E-state index is 13.1. The van der Waals surface area contributed by atoms with E-state index in [1.54, 1.807) is 0 Å². The smallest absolute Gasteiger partial charge is 0.240 e. The molecule has 7 heteroatoms. The lowest BCUT2D eigenvalue weighted by molar-refractivity contribution is -0.124. The number of amides is 2. The molecule has 2 bridgehead atoms. The molecule has 3 aliphatic heterocycles. The van der Waals surface area contributed by atoms with Gasteiger partial charge in [-0.05, 0) is 44.4 Å². The number of ether oxygens (including phenoxy) is 1. The van der Waals surface area contributed by atoms with Crippen LogP contribution in [0.3, 0.4) is 0 Å². The number of imide groups is 1. The van der Waals surface area contributed by atoms with Crippen LogP contribution in [0.15, 0.2) is 24.3 Å². The molecular formula is C20H20ClN3O3. The van der Waals surface area contributed by atoms with Crippen molar-refractivity contribution in [3.05, 3.63) is 46.2 Å². The van der Waals surface area contributed by atoms with Gasteiger partial charge in [-0.1, -0.05) is 23.7 Å². The summed E-state index contributed by atoms with van der Waals surface area (Å²) in [6, 6.07) is 7.58. The Balaban J connectivity index is 1.49. The molecule has 2 amide bonds. The third-order valence-corrected chi connectivity index (χ3v) is 6.35. The Bertz CT molecular complexity index is 924. The van der Waals surface area contributed by atoms with Gasteiger partial charge in [-0.15, -0.1) is 0 Å². The first-order valence-electron chi connectivity index (χ1n) is 9.27. The third kappa shape index (κ3) is 2.39. The van der Waals surface area contributed by atoms with E-state index < -0.39 is 0 Å². The highest BCUT2D eigenvalue weighted by Crippen LogP contribution is 2.50. The number of aryl methyl sites for hydroxylation is 1. The Morgan fingerprint density at radius 1 is 1.07 bits per heavy atom. The van der Waals surface area contributed by atoms with Crippen LogP contribution in [-0.4, -0.2) is 33.8 Å². The van der Waals surface area contributed by atoms with Crippen LogP contribution in [0.2, 0.25) is 5.02 Å². The second-order valence-corrected chi connectivity index (χ2v) is 8.09. The van der Waals surface area contributed by atoms with Crippen LogP contribution >= 0.6 is 11.6 Å². The van der Waals surface area contributed by atoms with Crippen molar-refractivity contribution in [2.75, 3.05) is 4.90 Å². The van der Waals surface area contributed by atoms with Crippen LogP contribution in [0, 0.1) is 25.7 Å². The Morgan fingerprint density at radius 2 is 1.67 bits per heavy atom. The number of fused-ring (bicyclic) bond motifs is 5. The molecule has 1 aromatic heterocycles. The van der Waals surface area contributed by atoms with E-state index in [1.807, 2.05) is 42.8 Å². The van der Waals surface area contributed by atoms with Gasteiger partial charge in [0.15, 0.2) is 0 Å². The fourth-order valence-corrected chi connectivity index (χ4v) is 4.99. The predicted molar refractivity (Wildman–Crippen MR) is 99.6 cm³/mol. The van der Waals surface area contributed by atoms with Gasteiger partial charge in [-0.3, -0.25) is 14.3 Å². The van der Waals surface area contributed by atoms with Crippen molar-refractivity contribution < 1.29 is 14.3 Å². The maximum Gasteiger partial charge on any atom is 0.240 e. The molecule has 4 heterocycles. The quantitative estimate of drug-likeness (QED) is 0.762. The number of halogens is 1. The SMILES string of the molecule is Cc1nn(Cc2ccc(Cl)cc2)c(C)c1N1C(=O)[C@@H]2[C@H](C1=O)[C@H]1CC[C@@H]2O1. The number of aromatic nitrogens is 2. The van der Waals surface area contributed by atoms with E-state index in [4.69, 9.17) is 16.3 Å². The molecule has 4 atom stereocenters. The summed E-state index contributed by atoms with van der Waals surface area (Å²) >= 11 is 5.95. The van der Waals surface area contributed by atoms with Crippen molar-refractivity contribution in [2.24, 2.45) is 11.8 Å². The molecule has 140 valence electrons. The molecule has 2 aromatic rings. The van der Waals surface area contributed by atoms with Crippen LogP contribution < -0.4 is 4.90 Å². The fourth-order valence-electron chi connectivity index (χ4n) is 4.86. The molecule has 3 fully saturated rings. The van der Waals surface area contributed by atoms with Gasteiger partial charge in [-0.2, -0.15) is 5.10 Å². The summed E-state index contributed by atoms with van der Waals surface area (Å²) in [4.78, 5) is 27.5. The Kier molecular flexibility index (Phi) is 3.71. The van der Waals surface area contributed by atoms with Crippen LogP contribution in [0.5, 0.6) is 0 Å². The number of carbonyl (C=O) groups is 2. The predicted octanol–water partition coefficient (Wildman–Crippen LogP) is 2.87. The molecule has 0 saturated carbocycles. The molecule has 0 radical (unpaired) electrons. The summed E-state index contributed by atoms with van der Waals surface area (Å²) in [7, 11) is 0. The molecule has 0 aliphatic carbocycles. The molecule has 0 spiro atoms. The van der Waals surface area contributed by atoms with E-state index >= 15 is 0 Å². The summed E-state index contributed by atoms with van der Waals surface area (Å²) in [5, 5.41) is 5.28. The monoisotopic (exact) mass is 385 g/mol. The van der Waals surface area contributed by atoms with Crippen LogP contribution in [0.4, 0.5) is 5.69 Å². The van der Waals surface area contributed by atoms with E-state index in [-0.39, 0.29) is 35.9 Å². The van der Waals surface area contributed by atoms with Crippen molar-refractivity contribution in [1.29, 1.82) is 0 Å². The van der Waals surface area contributed by atoms with Gasteiger partial charge in [0.25, 0.3) is 0 Å². The number of carbonyl (C=O) groups excluding carboxylic acids is 2. The Morgan fingerprint density at radius 3 is 2.26 bits per heavy atom. The molecule has 1 aromatic carbocycles. The van der Waals surface area contributed by atoms with Crippen molar-refractivity contribution in [1.82, 2.24) is 9.78 Å². The maximum absolute atomic E-state index is 13.1. The zero-order valence-corrected chi connectivity index (χ0v) is 15.9. The first-order chi connectivity index (χ1) is 13.0. The van der Waals surface area contributed by atoms with Crippen molar-refractivity contribution in [3.63, 3.8) is 0 Å². The lowest BCUT2D eigenvalue weighted by Gasteiger charge is -2.18. The van der Waals surface area contributed by atoms with E-state index in [9.17, 15) is 9.59 Å². The van der Waals surface area contributed by atoms with E-state index in [0.29, 0.717) is 22.9 Å². The minimum atomic E-state index is -0.324. The Hall–Kier alpha value is -2.18. The molecule has 5 rings (SSSR count). The molecular weight excluding hydrogens is 366 g/mol. The fraction of sp³-hybridized carbons (Fsp3) is 0.450. The molecule has 6 nitrogen and oxygen atoms in total. The first-order valence-corrected chi connectivity index (χ1v) is 9.65. The number of hydrogen-bond acceptors (Lipinski definition) is 4. The van der Waals surface area contributed by atoms with Gasteiger partial charge in [0, 0.05) is 5.02 Å². The summed E-state index contributed by atoms with van der Waals surface area (Å²) in [6.07, 6.45) is 1.52. The summed E-state index contributed by atoms with van der Waals surface area (Å²) in [5.41, 5.74) is 3.19. The highest BCUT2D eigenvalue weighted by Gasteiger charge is 2.63. The Labute approximate surface area is 162 Å². The minimum Gasteiger partial charge on any atom is -0.373 e. The number of nitrogens with zero attached hydrogens (tertiary/aromatic N) is 3. The number of hydrogen-bond donors (Lipinski definition) is 0. The topological polar surface area (TPSA) is 64.4 Å². The van der Waals surface area contributed by atoms with Gasteiger partial charge < -0.3 is 4.74 Å². The van der Waals surface area contributed by atoms with E-state index in [1.165, 1.54) is 4.90 Å². The standard InChI is InChI=1S/C20H20ClN3O3/c1-10-18(11(2)23(22-10)9-12-3-5-13(21)6-4-12)24-19(25)16-14-7-8-15(27-14)17(16)20(24)26/h3-6,14-17H,7-9H2,1-2H3/t14-,15+,16-,17+. The zero-order chi connectivity index (χ0) is 18.9. The number of rotatable bonds is 3. The van der Waals surface area contributed by atoms with Crippen molar-refractivity contribution in [2.45, 2.75) is 45.4 Å². The first kappa shape index (κ1) is 17.0. The highest BCUT2D eigenvalue weighted by atomic mass is 35.5. The average Bonchev–Trinajstić information content (AvgIpc) is 3.37. The third-order valence-electron chi connectivity index (χ3n) is 6.10. The second-order valence-electron chi connectivity index (χ2n) is 7.66. The normalized spacial score (nSPS) is 29.1. The van der Waals surface area contributed by atoms with Crippen molar-refractivity contribution in [3.8, 4) is 0 Å². The largest absolute Gasteiger partial charge is 0.373 e. The van der Waals surface area contributed by atoms with E-state index in [0.717, 1.165) is 24.1 Å². The van der Waals surface area contributed by atoms with Gasteiger partial charge in [0.1, 0.15) is 0 Å². The molecule has 0 N–H and O–H groups in total. The minimum absolute atomic E-state index is 0.105. The second kappa shape index (κ2) is 5.91. The lowest BCUT2D eigenvalue weighted by atomic mass is 9.81. The van der Waals surface area contributed by atoms with Gasteiger partial charge >= 0.3 is 0 Å². The van der Waals surface area contributed by atoms with Crippen molar-refractivity contribution >= 4 is 29.1 Å². The van der Waals surface area contributed by atoms with Crippen LogP contribution in [0.25, 0.3) is 0 Å². The van der Waals surface area contributed by atoms with Gasteiger partial charge in [0.05, 0.1) is 47.7 Å². The molecule has 27 heavy (non-hydrogen) atoms. The van der Waals surface area contributed by atoms with Crippen LogP contribution in [-0.2, 0) is 20.9 Å². The van der Waals surface area contributed by atoms with Gasteiger partial charge in [-0.25, -0.2) is 4.90 Å². The highest BCUT2D eigenvalue weighted by molar-refractivity contribution is 6.30. The number of anilines is 1. The average molecular weight is 386 g/mol. The molecule has 3 aliphatic rings. The van der Waals surface area contributed by atoms with E-state index in [2.05, 4.69) is 5.10 Å². The zero-order valence-electron chi connectivity index (χ0n) is 15.2. The summed E-state index contributed by atoms with van der Waals surface area (Å²) in [6.45, 7) is 4.31. The summed E-state index contributed by atoms with van der Waals surface area (Å²) < 4.78 is 7.66. The van der Waals surface area contributed by atoms with Crippen LogP contribution in [0.1, 0.15) is 29.8 Å².